The SMILES string of the molecule is CC(Cc1ccccc1Cl)NCc1cc(Br)c(Br)o1. The largest absolute Gasteiger partial charge is 0.452 e. The molecule has 1 atom stereocenters. The predicted molar refractivity (Wildman–Crippen MR) is 85.6 cm³/mol. The standard InChI is InChI=1S/C14H14Br2ClNO/c1-9(6-10-4-2-3-5-13(10)17)18-8-11-7-12(15)14(16)19-11/h2-5,7,9,18H,6,8H2,1H3. The number of halogens is 3. The molecule has 102 valence electrons. The van der Waals surface area contributed by atoms with Gasteiger partial charge in [0.25, 0.3) is 0 Å². The molecule has 0 aliphatic heterocycles. The Morgan fingerprint density at radius 2 is 2.05 bits per heavy atom. The van der Waals surface area contributed by atoms with Crippen LogP contribution in [0.2, 0.25) is 5.02 Å². The maximum Gasteiger partial charge on any atom is 0.183 e. The molecule has 5 heteroatoms. The molecule has 0 saturated heterocycles. The molecule has 0 fully saturated rings. The summed E-state index contributed by atoms with van der Waals surface area (Å²) in [6.45, 7) is 2.83. The quantitative estimate of drug-likeness (QED) is 0.739. The van der Waals surface area contributed by atoms with Crippen molar-refractivity contribution in [2.75, 3.05) is 0 Å². The maximum absolute atomic E-state index is 6.15. The van der Waals surface area contributed by atoms with Gasteiger partial charge in [0.2, 0.25) is 0 Å². The second-order valence-electron chi connectivity index (χ2n) is 4.41. The number of furan rings is 1. The van der Waals surface area contributed by atoms with Gasteiger partial charge < -0.3 is 9.73 Å². The third kappa shape index (κ3) is 4.35. The number of rotatable bonds is 5. The number of nitrogens with one attached hydrogen (secondary N) is 1. The zero-order valence-corrected chi connectivity index (χ0v) is 14.3. The van der Waals surface area contributed by atoms with Crippen molar-refractivity contribution >= 4 is 43.5 Å². The van der Waals surface area contributed by atoms with Gasteiger partial charge in [0, 0.05) is 11.1 Å². The lowest BCUT2D eigenvalue weighted by atomic mass is 10.1. The van der Waals surface area contributed by atoms with E-state index in [1.54, 1.807) is 0 Å². The molecule has 0 radical (unpaired) electrons. The van der Waals surface area contributed by atoms with Crippen LogP contribution in [0.4, 0.5) is 0 Å². The van der Waals surface area contributed by atoms with E-state index in [0.29, 0.717) is 12.6 Å². The van der Waals surface area contributed by atoms with Crippen LogP contribution in [-0.2, 0) is 13.0 Å². The van der Waals surface area contributed by atoms with Crippen molar-refractivity contribution in [3.8, 4) is 0 Å². The van der Waals surface area contributed by atoms with Crippen LogP contribution in [0.1, 0.15) is 18.2 Å². The van der Waals surface area contributed by atoms with Crippen LogP contribution in [0.25, 0.3) is 0 Å². The highest BCUT2D eigenvalue weighted by Crippen LogP contribution is 2.26. The minimum Gasteiger partial charge on any atom is -0.452 e. The summed E-state index contributed by atoms with van der Waals surface area (Å²) in [6.07, 6.45) is 0.892. The first-order valence-corrected chi connectivity index (χ1v) is 7.93. The Labute approximate surface area is 134 Å². The van der Waals surface area contributed by atoms with E-state index in [1.165, 1.54) is 0 Å². The predicted octanol–water partition coefficient (Wildman–Crippen LogP) is 5.18. The Bertz CT molecular complexity index is 537. The van der Waals surface area contributed by atoms with Crippen LogP contribution in [0.5, 0.6) is 0 Å². The van der Waals surface area contributed by atoms with Gasteiger partial charge in [-0.3, -0.25) is 0 Å². The summed E-state index contributed by atoms with van der Waals surface area (Å²) < 4.78 is 7.18. The van der Waals surface area contributed by atoms with Gasteiger partial charge >= 0.3 is 0 Å². The van der Waals surface area contributed by atoms with E-state index in [-0.39, 0.29) is 0 Å². The molecule has 1 aromatic heterocycles. The molecule has 0 amide bonds. The summed E-state index contributed by atoms with van der Waals surface area (Å²) >= 11 is 12.9. The normalized spacial score (nSPS) is 12.6. The summed E-state index contributed by atoms with van der Waals surface area (Å²) in [5.74, 6) is 0.893. The van der Waals surface area contributed by atoms with E-state index in [2.05, 4.69) is 50.2 Å². The summed E-state index contributed by atoms with van der Waals surface area (Å²) in [6, 6.07) is 10.2. The summed E-state index contributed by atoms with van der Waals surface area (Å²) in [5, 5.41) is 4.24. The van der Waals surface area contributed by atoms with Crippen molar-refractivity contribution in [3.63, 3.8) is 0 Å². The topological polar surface area (TPSA) is 25.2 Å². The van der Waals surface area contributed by atoms with E-state index < -0.39 is 0 Å². The van der Waals surface area contributed by atoms with Crippen LogP contribution >= 0.6 is 43.5 Å². The Morgan fingerprint density at radius 1 is 1.32 bits per heavy atom. The van der Waals surface area contributed by atoms with Crippen molar-refractivity contribution in [1.29, 1.82) is 0 Å². The van der Waals surface area contributed by atoms with Crippen LogP contribution in [0, 0.1) is 0 Å². The molecular weight excluding hydrogens is 393 g/mol. The lowest BCUT2D eigenvalue weighted by molar-refractivity contribution is 0.441. The fourth-order valence-corrected chi connectivity index (χ4v) is 2.69. The number of benzene rings is 1. The molecule has 0 spiro atoms. The average molecular weight is 408 g/mol. The summed E-state index contributed by atoms with van der Waals surface area (Å²) in [7, 11) is 0. The molecule has 1 unspecified atom stereocenters. The first-order valence-electron chi connectivity index (χ1n) is 5.96. The Balaban J connectivity index is 1.88. The zero-order valence-electron chi connectivity index (χ0n) is 10.4. The average Bonchev–Trinajstić information content (AvgIpc) is 2.69. The molecule has 1 N–H and O–H groups in total. The van der Waals surface area contributed by atoms with Crippen LogP contribution in [-0.4, -0.2) is 6.04 Å². The molecule has 0 bridgehead atoms. The van der Waals surface area contributed by atoms with Gasteiger partial charge in [-0.2, -0.15) is 0 Å². The van der Waals surface area contributed by atoms with Crippen molar-refractivity contribution in [3.05, 3.63) is 55.8 Å². The van der Waals surface area contributed by atoms with E-state index in [9.17, 15) is 0 Å². The fourth-order valence-electron chi connectivity index (χ4n) is 1.82. The fraction of sp³-hybridized carbons (Fsp3) is 0.286. The van der Waals surface area contributed by atoms with Gasteiger partial charge in [0.1, 0.15) is 5.76 Å². The molecule has 0 aliphatic carbocycles. The second kappa shape index (κ2) is 6.93. The molecule has 0 aliphatic rings. The minimum absolute atomic E-state index is 0.322. The molecule has 2 rings (SSSR count). The molecule has 2 nitrogen and oxygen atoms in total. The lowest BCUT2D eigenvalue weighted by Gasteiger charge is -2.13. The molecule has 19 heavy (non-hydrogen) atoms. The van der Waals surface area contributed by atoms with Crippen LogP contribution in [0.15, 0.2) is 43.9 Å². The van der Waals surface area contributed by atoms with Gasteiger partial charge in [-0.25, -0.2) is 0 Å². The summed E-state index contributed by atoms with van der Waals surface area (Å²) in [4.78, 5) is 0. The van der Waals surface area contributed by atoms with Gasteiger partial charge in [0.15, 0.2) is 4.67 Å². The van der Waals surface area contributed by atoms with Gasteiger partial charge in [-0.05, 0) is 62.9 Å². The highest BCUT2D eigenvalue weighted by atomic mass is 79.9. The van der Waals surface area contributed by atoms with E-state index >= 15 is 0 Å². The Morgan fingerprint density at radius 3 is 2.68 bits per heavy atom. The van der Waals surface area contributed by atoms with E-state index in [0.717, 1.165) is 31.9 Å². The first-order chi connectivity index (χ1) is 9.06. The van der Waals surface area contributed by atoms with Gasteiger partial charge in [-0.15, -0.1) is 0 Å². The molecule has 1 aromatic carbocycles. The number of hydrogen-bond donors (Lipinski definition) is 1. The van der Waals surface area contributed by atoms with Crippen molar-refractivity contribution in [2.24, 2.45) is 0 Å². The number of hydrogen-bond acceptors (Lipinski definition) is 2. The maximum atomic E-state index is 6.15. The van der Waals surface area contributed by atoms with E-state index in [1.807, 2.05) is 24.3 Å². The third-order valence-corrected chi connectivity index (χ3v) is 4.88. The van der Waals surface area contributed by atoms with Crippen molar-refractivity contribution in [1.82, 2.24) is 5.32 Å². The van der Waals surface area contributed by atoms with E-state index in [4.69, 9.17) is 16.0 Å². The molecular formula is C14H14Br2ClNO. The lowest BCUT2D eigenvalue weighted by Crippen LogP contribution is -2.27. The highest BCUT2D eigenvalue weighted by Gasteiger charge is 2.09. The monoisotopic (exact) mass is 405 g/mol. The smallest absolute Gasteiger partial charge is 0.183 e. The van der Waals surface area contributed by atoms with Crippen LogP contribution in [0.3, 0.4) is 0 Å². The van der Waals surface area contributed by atoms with Crippen LogP contribution < -0.4 is 5.32 Å². The first kappa shape index (κ1) is 15.1. The van der Waals surface area contributed by atoms with Crippen molar-refractivity contribution < 1.29 is 4.42 Å². The molecule has 0 saturated carbocycles. The zero-order chi connectivity index (χ0) is 13.8. The van der Waals surface area contributed by atoms with Gasteiger partial charge in [0.05, 0.1) is 11.0 Å². The van der Waals surface area contributed by atoms with Gasteiger partial charge in [-0.1, -0.05) is 29.8 Å². The van der Waals surface area contributed by atoms with Crippen molar-refractivity contribution in [2.45, 2.75) is 25.9 Å². The Hall–Kier alpha value is -0.290. The minimum atomic E-state index is 0.322. The second-order valence-corrected chi connectivity index (χ2v) is 6.39. The Kier molecular flexibility index (Phi) is 5.51. The third-order valence-electron chi connectivity index (χ3n) is 2.80. The molecule has 2 aromatic rings. The molecule has 1 heterocycles. The highest BCUT2D eigenvalue weighted by molar-refractivity contribution is 9.13. The summed E-state index contributed by atoms with van der Waals surface area (Å²) in [5.41, 5.74) is 1.16.